The van der Waals surface area contributed by atoms with Crippen LogP contribution < -0.4 is 15.5 Å². The summed E-state index contributed by atoms with van der Waals surface area (Å²) in [6.07, 6.45) is 0.228. The van der Waals surface area contributed by atoms with E-state index < -0.39 is 29.2 Å². The van der Waals surface area contributed by atoms with Gasteiger partial charge in [0.2, 0.25) is 5.91 Å². The van der Waals surface area contributed by atoms with Crippen molar-refractivity contribution >= 4 is 35.1 Å². The summed E-state index contributed by atoms with van der Waals surface area (Å²) < 4.78 is 13.4. The molecule has 7 nitrogen and oxygen atoms in total. The van der Waals surface area contributed by atoms with Gasteiger partial charge in [0.15, 0.2) is 0 Å². The Kier molecular flexibility index (Phi) is 5.52. The van der Waals surface area contributed by atoms with Crippen molar-refractivity contribution < 1.29 is 18.8 Å². The van der Waals surface area contributed by atoms with E-state index in [-0.39, 0.29) is 23.4 Å². The van der Waals surface area contributed by atoms with E-state index in [1.807, 2.05) is 6.92 Å². The number of halogens is 2. The molecule has 0 bridgehead atoms. The van der Waals surface area contributed by atoms with Crippen molar-refractivity contribution in [2.45, 2.75) is 38.8 Å². The molecule has 2 unspecified atom stereocenters. The van der Waals surface area contributed by atoms with Gasteiger partial charge in [-0.2, -0.15) is 0 Å². The molecular weight excluding hydrogens is 387 g/mol. The van der Waals surface area contributed by atoms with Crippen LogP contribution in [0.1, 0.15) is 27.2 Å². The number of rotatable bonds is 4. The van der Waals surface area contributed by atoms with E-state index in [1.165, 1.54) is 6.07 Å². The molecule has 152 valence electrons. The van der Waals surface area contributed by atoms with Crippen LogP contribution in [0.2, 0.25) is 5.02 Å². The molecule has 3 atom stereocenters. The van der Waals surface area contributed by atoms with Crippen LogP contribution in [-0.2, 0) is 9.59 Å². The van der Waals surface area contributed by atoms with Crippen molar-refractivity contribution in [1.82, 2.24) is 15.5 Å². The molecule has 2 fully saturated rings. The van der Waals surface area contributed by atoms with Gasteiger partial charge in [-0.3, -0.25) is 14.9 Å². The largest absolute Gasteiger partial charge is 0.365 e. The molecule has 0 aliphatic carbocycles. The van der Waals surface area contributed by atoms with Crippen molar-refractivity contribution in [2.75, 3.05) is 24.5 Å². The fourth-order valence-corrected chi connectivity index (χ4v) is 4.11. The summed E-state index contributed by atoms with van der Waals surface area (Å²) in [5.41, 5.74) is -0.262. The molecule has 3 rings (SSSR count). The molecule has 1 aromatic rings. The fourth-order valence-electron chi connectivity index (χ4n) is 3.94. The van der Waals surface area contributed by atoms with E-state index in [9.17, 15) is 18.8 Å². The van der Waals surface area contributed by atoms with E-state index in [1.54, 1.807) is 30.9 Å². The molecule has 2 heterocycles. The third-order valence-corrected chi connectivity index (χ3v) is 5.72. The Morgan fingerprint density at radius 2 is 2.11 bits per heavy atom. The average Bonchev–Trinajstić information content (AvgIpc) is 2.88. The molecule has 9 heteroatoms. The molecule has 2 aliphatic rings. The van der Waals surface area contributed by atoms with Gasteiger partial charge in [0.1, 0.15) is 11.4 Å². The summed E-state index contributed by atoms with van der Waals surface area (Å²) in [5.74, 6) is -1.35. The Bertz CT molecular complexity index is 820. The average molecular weight is 411 g/mol. The second-order valence-electron chi connectivity index (χ2n) is 7.77. The predicted octanol–water partition coefficient (Wildman–Crippen LogP) is 2.14. The number of anilines is 1. The van der Waals surface area contributed by atoms with Crippen molar-refractivity contribution in [3.63, 3.8) is 0 Å². The summed E-state index contributed by atoms with van der Waals surface area (Å²) >= 11 is 5.89. The van der Waals surface area contributed by atoms with Gasteiger partial charge in [-0.15, -0.1) is 0 Å². The SMILES string of the molecule is CC(CC1(C)NC(=O)NC1=O)C(=O)N1CCN(c2ccc(F)c(Cl)c2)[C@@H](C)C1. The highest BCUT2D eigenvalue weighted by atomic mass is 35.5. The van der Waals surface area contributed by atoms with Gasteiger partial charge in [0.25, 0.3) is 5.91 Å². The van der Waals surface area contributed by atoms with Crippen LogP contribution in [0, 0.1) is 11.7 Å². The monoisotopic (exact) mass is 410 g/mol. The maximum absolute atomic E-state index is 13.4. The van der Waals surface area contributed by atoms with Crippen LogP contribution in [-0.4, -0.2) is 54.0 Å². The molecule has 0 aromatic heterocycles. The number of nitrogens with one attached hydrogen (secondary N) is 2. The van der Waals surface area contributed by atoms with Crippen LogP contribution in [0.5, 0.6) is 0 Å². The van der Waals surface area contributed by atoms with Crippen molar-refractivity contribution in [3.8, 4) is 0 Å². The van der Waals surface area contributed by atoms with E-state index in [4.69, 9.17) is 11.6 Å². The standard InChI is InChI=1S/C19H24ClFN4O3/c1-11(9-19(3)17(27)22-18(28)23-19)16(26)24-6-7-25(12(2)10-24)13-4-5-15(21)14(20)8-13/h4-5,8,11-12H,6-7,9-10H2,1-3H3,(H2,22,23,27,28)/t11?,12-,19?/m0/s1. The summed E-state index contributed by atoms with van der Waals surface area (Å²) in [7, 11) is 0. The third kappa shape index (κ3) is 3.92. The highest BCUT2D eigenvalue weighted by Crippen LogP contribution is 2.27. The molecule has 1 aromatic carbocycles. The van der Waals surface area contributed by atoms with E-state index in [2.05, 4.69) is 15.5 Å². The molecule has 0 radical (unpaired) electrons. The van der Waals surface area contributed by atoms with Crippen molar-refractivity contribution in [2.24, 2.45) is 5.92 Å². The third-order valence-electron chi connectivity index (χ3n) is 5.43. The molecule has 4 amide bonds. The first kappa shape index (κ1) is 20.4. The van der Waals surface area contributed by atoms with E-state index in [0.29, 0.717) is 19.6 Å². The Labute approximate surface area is 168 Å². The first-order valence-corrected chi connectivity index (χ1v) is 9.62. The molecule has 2 N–H and O–H groups in total. The van der Waals surface area contributed by atoms with Crippen LogP contribution in [0.15, 0.2) is 18.2 Å². The normalized spacial score (nSPS) is 26.1. The number of hydrogen-bond donors (Lipinski definition) is 2. The summed E-state index contributed by atoms with van der Waals surface area (Å²) in [6, 6.07) is 4.10. The fraction of sp³-hybridized carbons (Fsp3) is 0.526. The maximum Gasteiger partial charge on any atom is 0.322 e. The second-order valence-corrected chi connectivity index (χ2v) is 8.18. The Hall–Kier alpha value is -2.35. The zero-order valence-electron chi connectivity index (χ0n) is 16.1. The number of urea groups is 1. The minimum absolute atomic E-state index is 0.0245. The molecule has 0 spiro atoms. The lowest BCUT2D eigenvalue weighted by atomic mass is 9.89. The topological polar surface area (TPSA) is 81.8 Å². The van der Waals surface area contributed by atoms with Gasteiger partial charge in [-0.1, -0.05) is 18.5 Å². The number of imide groups is 1. The zero-order chi connectivity index (χ0) is 20.6. The van der Waals surface area contributed by atoms with Crippen LogP contribution >= 0.6 is 11.6 Å². The molecular formula is C19H24ClFN4O3. The number of hydrogen-bond acceptors (Lipinski definition) is 4. The first-order chi connectivity index (χ1) is 13.1. The summed E-state index contributed by atoms with van der Waals surface area (Å²) in [5, 5.41) is 4.88. The van der Waals surface area contributed by atoms with Gasteiger partial charge < -0.3 is 15.1 Å². The Morgan fingerprint density at radius 1 is 1.39 bits per heavy atom. The summed E-state index contributed by atoms with van der Waals surface area (Å²) in [4.78, 5) is 40.1. The molecule has 0 saturated carbocycles. The predicted molar refractivity (Wildman–Crippen MR) is 104 cm³/mol. The lowest BCUT2D eigenvalue weighted by Crippen LogP contribution is -2.55. The van der Waals surface area contributed by atoms with Crippen molar-refractivity contribution in [3.05, 3.63) is 29.0 Å². The lowest BCUT2D eigenvalue weighted by Gasteiger charge is -2.42. The number of benzene rings is 1. The van der Waals surface area contributed by atoms with Gasteiger partial charge >= 0.3 is 6.03 Å². The smallest absolute Gasteiger partial charge is 0.322 e. The quantitative estimate of drug-likeness (QED) is 0.745. The highest BCUT2D eigenvalue weighted by Gasteiger charge is 2.44. The van der Waals surface area contributed by atoms with Crippen molar-refractivity contribution in [1.29, 1.82) is 0 Å². The highest BCUT2D eigenvalue weighted by molar-refractivity contribution is 6.31. The number of carbonyl (C=O) groups excluding carboxylic acids is 3. The van der Waals surface area contributed by atoms with Gasteiger partial charge in [-0.05, 0) is 38.5 Å². The number of carbonyl (C=O) groups is 3. The van der Waals surface area contributed by atoms with Crippen LogP contribution in [0.25, 0.3) is 0 Å². The Balaban J connectivity index is 1.63. The van der Waals surface area contributed by atoms with Gasteiger partial charge in [0, 0.05) is 37.3 Å². The number of amides is 4. The van der Waals surface area contributed by atoms with Crippen LogP contribution in [0.3, 0.4) is 0 Å². The number of nitrogens with zero attached hydrogens (tertiary/aromatic N) is 2. The molecule has 28 heavy (non-hydrogen) atoms. The lowest BCUT2D eigenvalue weighted by molar-refractivity contribution is -0.137. The van der Waals surface area contributed by atoms with E-state index >= 15 is 0 Å². The minimum atomic E-state index is -1.08. The second kappa shape index (κ2) is 7.58. The van der Waals surface area contributed by atoms with Gasteiger partial charge in [0.05, 0.1) is 5.02 Å². The minimum Gasteiger partial charge on any atom is -0.365 e. The molecule has 2 aliphatic heterocycles. The Morgan fingerprint density at radius 3 is 2.68 bits per heavy atom. The molecule has 2 saturated heterocycles. The van der Waals surface area contributed by atoms with Crippen LogP contribution in [0.4, 0.5) is 14.9 Å². The number of piperazine rings is 1. The zero-order valence-corrected chi connectivity index (χ0v) is 16.8. The first-order valence-electron chi connectivity index (χ1n) is 9.25. The maximum atomic E-state index is 13.4. The van der Waals surface area contributed by atoms with Gasteiger partial charge in [-0.25, -0.2) is 9.18 Å². The summed E-state index contributed by atoms with van der Waals surface area (Å²) in [6.45, 7) is 6.99. The van der Waals surface area contributed by atoms with E-state index in [0.717, 1.165) is 5.69 Å².